The molecule has 1 fully saturated rings. The zero-order valence-corrected chi connectivity index (χ0v) is 13.1. The van der Waals surface area contributed by atoms with Gasteiger partial charge in [0.25, 0.3) is 9.05 Å². The van der Waals surface area contributed by atoms with Gasteiger partial charge in [0.2, 0.25) is 0 Å². The maximum Gasteiger partial charge on any atom is 0.338 e. The van der Waals surface area contributed by atoms with E-state index < -0.39 is 15.0 Å². The standard InChI is InChI=1S/C12H12BrClO4S/c13-10-5-9(6-11(7-10)19(14,16)17)12(15)18-4-3-8-1-2-8/h5-8H,1-4H2. The Kier molecular flexibility index (Phi) is 4.53. The Morgan fingerprint density at radius 2 is 2.05 bits per heavy atom. The highest BCUT2D eigenvalue weighted by Crippen LogP contribution is 2.32. The van der Waals surface area contributed by atoms with Crippen LogP contribution in [0.25, 0.3) is 0 Å². The number of carbonyl (C=O) groups excluding carboxylic acids is 1. The molecule has 0 radical (unpaired) electrons. The summed E-state index contributed by atoms with van der Waals surface area (Å²) in [6.45, 7) is 0.360. The van der Waals surface area contributed by atoms with Crippen molar-refractivity contribution < 1.29 is 17.9 Å². The van der Waals surface area contributed by atoms with E-state index >= 15 is 0 Å². The molecule has 0 saturated heterocycles. The molecule has 0 heterocycles. The molecule has 7 heteroatoms. The number of rotatable bonds is 5. The molecule has 104 valence electrons. The van der Waals surface area contributed by atoms with E-state index in [0.717, 1.165) is 6.42 Å². The van der Waals surface area contributed by atoms with Crippen molar-refractivity contribution in [1.29, 1.82) is 0 Å². The molecule has 0 bridgehead atoms. The van der Waals surface area contributed by atoms with Crippen LogP contribution in [-0.4, -0.2) is 21.0 Å². The van der Waals surface area contributed by atoms with Gasteiger partial charge in [-0.05, 0) is 30.5 Å². The van der Waals surface area contributed by atoms with Crippen molar-refractivity contribution in [3.8, 4) is 0 Å². The molecule has 4 nitrogen and oxygen atoms in total. The molecule has 0 aliphatic heterocycles. The lowest BCUT2D eigenvalue weighted by molar-refractivity contribution is 0.0494. The SMILES string of the molecule is O=C(OCCC1CC1)c1cc(Br)cc(S(=O)(=O)Cl)c1. The summed E-state index contributed by atoms with van der Waals surface area (Å²) >= 11 is 3.14. The normalized spacial score (nSPS) is 15.3. The summed E-state index contributed by atoms with van der Waals surface area (Å²) in [5, 5.41) is 0. The Hall–Kier alpha value is -0.590. The quantitative estimate of drug-likeness (QED) is 0.591. The van der Waals surface area contributed by atoms with Crippen LogP contribution in [0.3, 0.4) is 0 Å². The van der Waals surface area contributed by atoms with E-state index in [1.807, 2.05) is 0 Å². The highest BCUT2D eigenvalue weighted by atomic mass is 79.9. The third-order valence-electron chi connectivity index (χ3n) is 2.84. The van der Waals surface area contributed by atoms with Crippen LogP contribution < -0.4 is 0 Å². The zero-order chi connectivity index (χ0) is 14.0. The summed E-state index contributed by atoms with van der Waals surface area (Å²) in [4.78, 5) is 11.7. The van der Waals surface area contributed by atoms with E-state index in [4.69, 9.17) is 15.4 Å². The Morgan fingerprint density at radius 3 is 2.63 bits per heavy atom. The highest BCUT2D eigenvalue weighted by Gasteiger charge is 2.22. The smallest absolute Gasteiger partial charge is 0.338 e. The summed E-state index contributed by atoms with van der Waals surface area (Å²) in [5.41, 5.74) is 0.171. The van der Waals surface area contributed by atoms with Crippen LogP contribution >= 0.6 is 26.6 Å². The van der Waals surface area contributed by atoms with Gasteiger partial charge in [-0.2, -0.15) is 0 Å². The second-order valence-corrected chi connectivity index (χ2v) is 7.96. The first-order valence-corrected chi connectivity index (χ1v) is 8.89. The molecule has 1 aromatic carbocycles. The predicted octanol–water partition coefficient (Wildman–Crippen LogP) is 3.33. The van der Waals surface area contributed by atoms with Crippen LogP contribution in [0, 0.1) is 5.92 Å². The predicted molar refractivity (Wildman–Crippen MR) is 74.8 cm³/mol. The third kappa shape index (κ3) is 4.47. The maximum absolute atomic E-state index is 11.8. The summed E-state index contributed by atoms with van der Waals surface area (Å²) in [6.07, 6.45) is 3.26. The molecule has 1 saturated carbocycles. The molecule has 19 heavy (non-hydrogen) atoms. The Morgan fingerprint density at radius 1 is 1.37 bits per heavy atom. The first-order chi connectivity index (χ1) is 8.86. The minimum absolute atomic E-state index is 0.127. The minimum Gasteiger partial charge on any atom is -0.462 e. The average molecular weight is 368 g/mol. The van der Waals surface area contributed by atoms with E-state index in [-0.39, 0.29) is 10.5 Å². The summed E-state index contributed by atoms with van der Waals surface area (Å²) < 4.78 is 28.1. The molecule has 0 spiro atoms. The molecule has 0 amide bonds. The molecule has 0 aromatic heterocycles. The van der Waals surface area contributed by atoms with Crippen LogP contribution in [0.1, 0.15) is 29.6 Å². The lowest BCUT2D eigenvalue weighted by Gasteiger charge is -2.06. The van der Waals surface area contributed by atoms with E-state index in [2.05, 4.69) is 15.9 Å². The van der Waals surface area contributed by atoms with Gasteiger partial charge in [0.1, 0.15) is 0 Å². The van der Waals surface area contributed by atoms with Gasteiger partial charge in [-0.3, -0.25) is 0 Å². The van der Waals surface area contributed by atoms with Crippen LogP contribution in [0.2, 0.25) is 0 Å². The number of esters is 1. The van der Waals surface area contributed by atoms with Crippen molar-refractivity contribution in [3.05, 3.63) is 28.2 Å². The van der Waals surface area contributed by atoms with Crippen molar-refractivity contribution in [2.75, 3.05) is 6.61 Å². The van der Waals surface area contributed by atoms with Crippen LogP contribution in [0.4, 0.5) is 0 Å². The maximum atomic E-state index is 11.8. The van der Waals surface area contributed by atoms with Crippen molar-refractivity contribution in [1.82, 2.24) is 0 Å². The fraction of sp³-hybridized carbons (Fsp3) is 0.417. The first-order valence-electron chi connectivity index (χ1n) is 5.78. The van der Waals surface area contributed by atoms with Crippen molar-refractivity contribution in [3.63, 3.8) is 0 Å². The van der Waals surface area contributed by atoms with Crippen molar-refractivity contribution >= 4 is 41.6 Å². The highest BCUT2D eigenvalue weighted by molar-refractivity contribution is 9.10. The number of hydrogen-bond acceptors (Lipinski definition) is 4. The van der Waals surface area contributed by atoms with Gasteiger partial charge in [-0.25, -0.2) is 13.2 Å². The second-order valence-electron chi connectivity index (χ2n) is 4.48. The van der Waals surface area contributed by atoms with Gasteiger partial charge in [-0.15, -0.1) is 0 Å². The van der Waals surface area contributed by atoms with Crippen molar-refractivity contribution in [2.24, 2.45) is 5.92 Å². The largest absolute Gasteiger partial charge is 0.462 e. The van der Waals surface area contributed by atoms with Crippen LogP contribution in [-0.2, 0) is 13.8 Å². The van der Waals surface area contributed by atoms with Gasteiger partial charge >= 0.3 is 5.97 Å². The zero-order valence-electron chi connectivity index (χ0n) is 9.93. The van der Waals surface area contributed by atoms with E-state index in [1.54, 1.807) is 0 Å². The first kappa shape index (κ1) is 14.8. The van der Waals surface area contributed by atoms with Crippen LogP contribution in [0.5, 0.6) is 0 Å². The molecule has 1 aromatic rings. The molecule has 1 aliphatic rings. The number of benzene rings is 1. The molecule has 0 N–H and O–H groups in total. The summed E-state index contributed by atoms with van der Waals surface area (Å²) in [5.74, 6) is 0.137. The third-order valence-corrected chi connectivity index (χ3v) is 4.64. The number of carbonyl (C=O) groups is 1. The van der Waals surface area contributed by atoms with Crippen molar-refractivity contribution in [2.45, 2.75) is 24.2 Å². The van der Waals surface area contributed by atoms with E-state index in [9.17, 15) is 13.2 Å². The molecular weight excluding hydrogens is 356 g/mol. The number of halogens is 2. The molecular formula is C12H12BrClO4S. The minimum atomic E-state index is -3.87. The summed E-state index contributed by atoms with van der Waals surface area (Å²) in [7, 11) is 1.39. The topological polar surface area (TPSA) is 60.4 Å². The summed E-state index contributed by atoms with van der Waals surface area (Å²) in [6, 6.07) is 4.06. The lowest BCUT2D eigenvalue weighted by Crippen LogP contribution is -2.08. The molecule has 0 atom stereocenters. The lowest BCUT2D eigenvalue weighted by atomic mass is 10.2. The fourth-order valence-corrected chi connectivity index (χ4v) is 3.08. The van der Waals surface area contributed by atoms with Gasteiger partial charge in [0, 0.05) is 15.2 Å². The molecule has 1 aliphatic carbocycles. The monoisotopic (exact) mass is 366 g/mol. The Labute approximate surface area is 124 Å². The van der Waals surface area contributed by atoms with Crippen LogP contribution in [0.15, 0.2) is 27.6 Å². The van der Waals surface area contributed by atoms with E-state index in [0.29, 0.717) is 17.0 Å². The Bertz CT molecular complexity index is 596. The average Bonchev–Trinajstić information content (AvgIpc) is 3.11. The molecule has 0 unspecified atom stereocenters. The van der Waals surface area contributed by atoms with Gasteiger partial charge in [0.15, 0.2) is 0 Å². The fourth-order valence-electron chi connectivity index (χ4n) is 1.63. The number of hydrogen-bond donors (Lipinski definition) is 0. The van der Waals surface area contributed by atoms with Gasteiger partial charge in [0.05, 0.1) is 17.1 Å². The number of ether oxygens (including phenoxy) is 1. The van der Waals surface area contributed by atoms with Gasteiger partial charge in [-0.1, -0.05) is 28.8 Å². The Balaban J connectivity index is 2.09. The molecule has 2 rings (SSSR count). The second kappa shape index (κ2) is 5.81. The van der Waals surface area contributed by atoms with E-state index in [1.165, 1.54) is 31.0 Å². The van der Waals surface area contributed by atoms with Gasteiger partial charge < -0.3 is 4.74 Å².